The number of rotatable bonds is 2. The molecule has 2 heteroatoms. The van der Waals surface area contributed by atoms with Gasteiger partial charge in [-0.25, -0.2) is 0 Å². The van der Waals surface area contributed by atoms with Gasteiger partial charge in [-0.1, -0.05) is 0 Å². The van der Waals surface area contributed by atoms with Crippen LogP contribution in [0.2, 0.25) is 0 Å². The SMILES string of the molecule is [CH2]CC(=O)NCC. The maximum atomic E-state index is 10.2. The van der Waals surface area contributed by atoms with E-state index in [1.54, 1.807) is 0 Å². The lowest BCUT2D eigenvalue weighted by Gasteiger charge is -1.93. The van der Waals surface area contributed by atoms with Gasteiger partial charge in [0.25, 0.3) is 0 Å². The van der Waals surface area contributed by atoms with Crippen molar-refractivity contribution < 1.29 is 4.79 Å². The van der Waals surface area contributed by atoms with Gasteiger partial charge in [-0.15, -0.1) is 0 Å². The summed E-state index contributed by atoms with van der Waals surface area (Å²) < 4.78 is 0. The largest absolute Gasteiger partial charge is 0.356 e. The van der Waals surface area contributed by atoms with Crippen molar-refractivity contribution in [3.8, 4) is 0 Å². The van der Waals surface area contributed by atoms with E-state index in [4.69, 9.17) is 0 Å². The Morgan fingerprint density at radius 1 is 1.86 bits per heavy atom. The molecule has 0 aliphatic heterocycles. The molecule has 0 heterocycles. The van der Waals surface area contributed by atoms with Gasteiger partial charge < -0.3 is 5.32 Å². The highest BCUT2D eigenvalue weighted by molar-refractivity contribution is 5.76. The van der Waals surface area contributed by atoms with Crippen LogP contribution in [0.4, 0.5) is 0 Å². The lowest BCUT2D eigenvalue weighted by Crippen LogP contribution is -2.20. The Kier molecular flexibility index (Phi) is 3.38. The summed E-state index contributed by atoms with van der Waals surface area (Å²) in [5, 5.41) is 2.59. The molecule has 1 N–H and O–H groups in total. The summed E-state index contributed by atoms with van der Waals surface area (Å²) in [5.74, 6) is 0.0162. The van der Waals surface area contributed by atoms with Crippen LogP contribution >= 0.6 is 0 Å². The Hall–Kier alpha value is -0.530. The summed E-state index contributed by atoms with van der Waals surface area (Å²) in [6.45, 7) is 5.98. The van der Waals surface area contributed by atoms with Crippen molar-refractivity contribution >= 4 is 5.91 Å². The van der Waals surface area contributed by atoms with Crippen molar-refractivity contribution in [3.05, 3.63) is 6.92 Å². The zero-order chi connectivity index (χ0) is 5.70. The Balaban J connectivity index is 3.00. The van der Waals surface area contributed by atoms with E-state index in [9.17, 15) is 4.79 Å². The maximum absolute atomic E-state index is 10.2. The van der Waals surface area contributed by atoms with Crippen LogP contribution in [-0.2, 0) is 4.79 Å². The third-order valence-corrected chi connectivity index (χ3v) is 0.601. The standard InChI is InChI=1S/C5H10NO/c1-3-5(7)6-4-2/h1,3-4H2,2H3,(H,6,7). The molecule has 0 aromatic carbocycles. The van der Waals surface area contributed by atoms with Crippen LogP contribution in [0.3, 0.4) is 0 Å². The number of hydrogen-bond donors (Lipinski definition) is 1. The van der Waals surface area contributed by atoms with Gasteiger partial charge in [0.15, 0.2) is 0 Å². The highest BCUT2D eigenvalue weighted by atomic mass is 16.1. The fourth-order valence-corrected chi connectivity index (χ4v) is 0.286. The number of amides is 1. The minimum Gasteiger partial charge on any atom is -0.356 e. The molecule has 1 amide bonds. The molecule has 0 spiro atoms. The van der Waals surface area contributed by atoms with E-state index in [-0.39, 0.29) is 5.91 Å². The van der Waals surface area contributed by atoms with E-state index in [1.807, 2.05) is 6.92 Å². The van der Waals surface area contributed by atoms with E-state index >= 15 is 0 Å². The Labute approximate surface area is 43.9 Å². The molecule has 1 radical (unpaired) electrons. The second-order valence-electron chi connectivity index (χ2n) is 1.20. The molecule has 0 saturated carbocycles. The van der Waals surface area contributed by atoms with E-state index < -0.39 is 0 Å². The van der Waals surface area contributed by atoms with E-state index in [0.29, 0.717) is 13.0 Å². The molecule has 0 aliphatic carbocycles. The van der Waals surface area contributed by atoms with Crippen LogP contribution in [0.1, 0.15) is 13.3 Å². The molecule has 0 aliphatic rings. The lowest BCUT2D eigenvalue weighted by atomic mass is 10.4. The summed E-state index contributed by atoms with van der Waals surface area (Å²) in [5.41, 5.74) is 0. The van der Waals surface area contributed by atoms with Crippen LogP contribution in [0.25, 0.3) is 0 Å². The molecule has 0 unspecified atom stereocenters. The first-order chi connectivity index (χ1) is 3.31. The average molecular weight is 100 g/mol. The predicted molar refractivity (Wildman–Crippen MR) is 28.7 cm³/mol. The highest BCUT2D eigenvalue weighted by Crippen LogP contribution is 1.70. The first-order valence-corrected chi connectivity index (χ1v) is 2.37. The van der Waals surface area contributed by atoms with Gasteiger partial charge in [-0.05, 0) is 13.8 Å². The van der Waals surface area contributed by atoms with Crippen molar-refractivity contribution in [2.75, 3.05) is 6.54 Å². The Morgan fingerprint density at radius 3 is 2.57 bits per heavy atom. The summed E-state index contributed by atoms with van der Waals surface area (Å²) in [4.78, 5) is 10.2. The van der Waals surface area contributed by atoms with Gasteiger partial charge >= 0.3 is 0 Å². The topological polar surface area (TPSA) is 29.1 Å². The van der Waals surface area contributed by atoms with Crippen LogP contribution in [0.15, 0.2) is 0 Å². The zero-order valence-corrected chi connectivity index (χ0v) is 4.53. The van der Waals surface area contributed by atoms with Crippen LogP contribution < -0.4 is 5.32 Å². The van der Waals surface area contributed by atoms with Gasteiger partial charge in [-0.3, -0.25) is 4.79 Å². The van der Waals surface area contributed by atoms with E-state index in [1.165, 1.54) is 0 Å². The van der Waals surface area contributed by atoms with Gasteiger partial charge in [0, 0.05) is 13.0 Å². The Bertz CT molecular complexity index is 61.1. The smallest absolute Gasteiger partial charge is 0.219 e. The van der Waals surface area contributed by atoms with Gasteiger partial charge in [0.2, 0.25) is 5.91 Å². The summed E-state index contributed by atoms with van der Waals surface area (Å²) in [6.07, 6.45) is 0.341. The number of nitrogens with one attached hydrogen (secondary N) is 1. The number of carbonyl (C=O) groups is 1. The van der Waals surface area contributed by atoms with Crippen molar-refractivity contribution in [1.29, 1.82) is 0 Å². The number of carbonyl (C=O) groups excluding carboxylic acids is 1. The quantitative estimate of drug-likeness (QED) is 0.533. The van der Waals surface area contributed by atoms with Crippen LogP contribution in [-0.4, -0.2) is 12.5 Å². The molecule has 0 saturated heterocycles. The van der Waals surface area contributed by atoms with Gasteiger partial charge in [0.05, 0.1) is 0 Å². The van der Waals surface area contributed by atoms with Crippen LogP contribution in [0.5, 0.6) is 0 Å². The van der Waals surface area contributed by atoms with Crippen molar-refractivity contribution in [2.45, 2.75) is 13.3 Å². The molecule has 41 valence electrons. The monoisotopic (exact) mass is 100 g/mol. The maximum Gasteiger partial charge on any atom is 0.219 e. The molecule has 0 atom stereocenters. The molecular formula is C5H10NO. The second kappa shape index (κ2) is 3.65. The summed E-state index contributed by atoms with van der Waals surface area (Å²) >= 11 is 0. The minimum absolute atomic E-state index is 0.0162. The first kappa shape index (κ1) is 6.47. The van der Waals surface area contributed by atoms with E-state index in [2.05, 4.69) is 12.2 Å². The van der Waals surface area contributed by atoms with Gasteiger partial charge in [0.1, 0.15) is 0 Å². The zero-order valence-electron chi connectivity index (χ0n) is 4.53. The van der Waals surface area contributed by atoms with Crippen molar-refractivity contribution in [2.24, 2.45) is 0 Å². The summed E-state index contributed by atoms with van der Waals surface area (Å²) in [7, 11) is 0. The molecule has 7 heavy (non-hydrogen) atoms. The Morgan fingerprint density at radius 2 is 2.43 bits per heavy atom. The second-order valence-corrected chi connectivity index (χ2v) is 1.20. The molecule has 0 rings (SSSR count). The molecule has 0 aromatic rings. The molecule has 2 nitrogen and oxygen atoms in total. The third-order valence-electron chi connectivity index (χ3n) is 0.601. The number of hydrogen-bond acceptors (Lipinski definition) is 1. The first-order valence-electron chi connectivity index (χ1n) is 2.37. The van der Waals surface area contributed by atoms with E-state index in [0.717, 1.165) is 0 Å². The normalized spacial score (nSPS) is 8.29. The molecule has 0 aromatic heterocycles. The minimum atomic E-state index is 0.0162. The summed E-state index contributed by atoms with van der Waals surface area (Å²) in [6, 6.07) is 0. The predicted octanol–water partition coefficient (Wildman–Crippen LogP) is 0.347. The van der Waals surface area contributed by atoms with Crippen molar-refractivity contribution in [3.63, 3.8) is 0 Å². The fourth-order valence-electron chi connectivity index (χ4n) is 0.286. The lowest BCUT2D eigenvalue weighted by molar-refractivity contribution is -0.120. The van der Waals surface area contributed by atoms with Crippen LogP contribution in [0, 0.1) is 6.92 Å². The molecular weight excluding hydrogens is 90.1 g/mol. The third kappa shape index (κ3) is 3.30. The van der Waals surface area contributed by atoms with Crippen molar-refractivity contribution in [1.82, 2.24) is 5.32 Å². The van der Waals surface area contributed by atoms with Gasteiger partial charge in [-0.2, -0.15) is 0 Å². The average Bonchev–Trinajstić information content (AvgIpc) is 1.68. The fraction of sp³-hybridized carbons (Fsp3) is 0.600. The molecule has 0 bridgehead atoms. The molecule has 0 fully saturated rings. The highest BCUT2D eigenvalue weighted by Gasteiger charge is 1.88.